The average Bonchev–Trinajstić information content (AvgIpc) is 3.68. The second-order valence-electron chi connectivity index (χ2n) is 10.7. The van der Waals surface area contributed by atoms with Gasteiger partial charge in [-0.1, -0.05) is 61.9 Å². The Bertz CT molecular complexity index is 1220. The molecule has 1 saturated carbocycles. The number of amides is 3. The summed E-state index contributed by atoms with van der Waals surface area (Å²) in [6.45, 7) is 8.51. The van der Waals surface area contributed by atoms with Crippen LogP contribution in [0.25, 0.3) is 5.57 Å². The number of rotatable bonds is 12. The predicted octanol–water partition coefficient (Wildman–Crippen LogP) is 4.59. The summed E-state index contributed by atoms with van der Waals surface area (Å²) >= 11 is 0. The van der Waals surface area contributed by atoms with E-state index in [0.29, 0.717) is 35.5 Å². The Morgan fingerprint density at radius 2 is 1.68 bits per heavy atom. The fraction of sp³-hybridized carbons (Fsp3) is 0.387. The van der Waals surface area contributed by atoms with Crippen molar-refractivity contribution in [2.24, 2.45) is 5.92 Å². The summed E-state index contributed by atoms with van der Waals surface area (Å²) in [4.78, 5) is 42.3. The van der Waals surface area contributed by atoms with Crippen LogP contribution in [0.4, 0.5) is 0 Å². The number of imide groups is 1. The van der Waals surface area contributed by atoms with E-state index in [-0.39, 0.29) is 18.4 Å². The molecule has 0 saturated heterocycles. The Hall–Kier alpha value is -3.71. The van der Waals surface area contributed by atoms with E-state index in [1.807, 2.05) is 88.4 Å². The third-order valence-electron chi connectivity index (χ3n) is 6.57. The molecule has 2 N–H and O–H groups in total. The van der Waals surface area contributed by atoms with E-state index in [1.54, 1.807) is 0 Å². The summed E-state index contributed by atoms with van der Waals surface area (Å²) in [7, 11) is 0. The summed E-state index contributed by atoms with van der Waals surface area (Å²) in [5.41, 5.74) is 9.26. The third-order valence-corrected chi connectivity index (χ3v) is 6.57. The molecule has 2 aromatic carbocycles. The van der Waals surface area contributed by atoms with Crippen LogP contribution < -0.4 is 15.6 Å². The number of ether oxygens (including phenoxy) is 1. The van der Waals surface area contributed by atoms with Gasteiger partial charge in [0.25, 0.3) is 17.7 Å². The van der Waals surface area contributed by atoms with Gasteiger partial charge in [0.2, 0.25) is 0 Å². The second kappa shape index (κ2) is 12.2. The van der Waals surface area contributed by atoms with Gasteiger partial charge in [-0.05, 0) is 68.4 Å². The normalized spacial score (nSPS) is 16.2. The van der Waals surface area contributed by atoms with Gasteiger partial charge in [0.15, 0.2) is 0 Å². The Balaban J connectivity index is 1.64. The largest absolute Gasteiger partial charge is 0.490 e. The molecule has 1 fully saturated rings. The van der Waals surface area contributed by atoms with Gasteiger partial charge in [-0.25, -0.2) is 5.43 Å². The lowest BCUT2D eigenvalue weighted by Gasteiger charge is -2.26. The first-order chi connectivity index (χ1) is 18.2. The number of hydrogen-bond acceptors (Lipinski definition) is 5. The van der Waals surface area contributed by atoms with Crippen LogP contribution in [-0.4, -0.2) is 41.3 Å². The van der Waals surface area contributed by atoms with E-state index >= 15 is 0 Å². The van der Waals surface area contributed by atoms with Crippen molar-refractivity contribution in [1.29, 1.82) is 0 Å². The van der Waals surface area contributed by atoms with Crippen molar-refractivity contribution < 1.29 is 19.1 Å². The fourth-order valence-corrected chi connectivity index (χ4v) is 4.42. The summed E-state index contributed by atoms with van der Waals surface area (Å²) in [6, 6.07) is 16.0. The predicted molar refractivity (Wildman–Crippen MR) is 148 cm³/mol. The standard InChI is InChI=1S/C31H37N3O4/c1-20(2)16-17-38-25-14-10-23(11-15-25)28-26(18-21(3)4)30(36)34(31(28)37)27(19-22-8-6-5-7-9-22)29(35)33-32-24-12-13-24/h5-11,14-16,21,24,27,32H,12-13,17-19H2,1-4H3,(H,33,35). The lowest BCUT2D eigenvalue weighted by atomic mass is 9.95. The number of hydrazine groups is 1. The summed E-state index contributed by atoms with van der Waals surface area (Å²) in [5, 5.41) is 0. The van der Waals surface area contributed by atoms with Crippen LogP contribution >= 0.6 is 0 Å². The van der Waals surface area contributed by atoms with E-state index in [0.717, 1.165) is 23.3 Å². The Morgan fingerprint density at radius 1 is 1.00 bits per heavy atom. The van der Waals surface area contributed by atoms with E-state index in [9.17, 15) is 14.4 Å². The van der Waals surface area contributed by atoms with Crippen LogP contribution in [0.1, 0.15) is 58.1 Å². The molecule has 0 spiro atoms. The summed E-state index contributed by atoms with van der Waals surface area (Å²) in [6.07, 6.45) is 4.64. The number of nitrogens with zero attached hydrogens (tertiary/aromatic N) is 1. The zero-order chi connectivity index (χ0) is 27.2. The van der Waals surface area contributed by atoms with Gasteiger partial charge in [0.1, 0.15) is 18.4 Å². The molecule has 1 heterocycles. The number of carbonyl (C=O) groups is 3. The van der Waals surface area contributed by atoms with Gasteiger partial charge in [-0.15, -0.1) is 0 Å². The first-order valence-electron chi connectivity index (χ1n) is 13.3. The van der Waals surface area contributed by atoms with Crippen LogP contribution in [0.2, 0.25) is 0 Å². The van der Waals surface area contributed by atoms with Crippen LogP contribution in [0, 0.1) is 5.92 Å². The molecule has 2 aliphatic rings. The number of benzene rings is 2. The Kier molecular flexibility index (Phi) is 8.79. The molecule has 7 nitrogen and oxygen atoms in total. The molecule has 0 bridgehead atoms. The lowest BCUT2D eigenvalue weighted by molar-refractivity contribution is -0.145. The molecule has 1 atom stereocenters. The molecule has 2 aromatic rings. The van der Waals surface area contributed by atoms with Crippen molar-refractivity contribution in [2.45, 2.75) is 65.5 Å². The highest BCUT2D eigenvalue weighted by atomic mass is 16.5. The molecule has 38 heavy (non-hydrogen) atoms. The molecule has 4 rings (SSSR count). The minimum Gasteiger partial charge on any atom is -0.490 e. The van der Waals surface area contributed by atoms with Crippen molar-refractivity contribution in [3.05, 3.63) is 82.9 Å². The van der Waals surface area contributed by atoms with E-state index < -0.39 is 23.8 Å². The monoisotopic (exact) mass is 515 g/mol. The van der Waals surface area contributed by atoms with Gasteiger partial charge in [0, 0.05) is 18.0 Å². The number of nitrogens with one attached hydrogen (secondary N) is 2. The van der Waals surface area contributed by atoms with Crippen LogP contribution in [-0.2, 0) is 20.8 Å². The molecule has 1 aliphatic carbocycles. The quantitative estimate of drug-likeness (QED) is 0.245. The number of hydrogen-bond donors (Lipinski definition) is 2. The molecule has 200 valence electrons. The van der Waals surface area contributed by atoms with Crippen LogP contribution in [0.15, 0.2) is 71.8 Å². The average molecular weight is 516 g/mol. The minimum absolute atomic E-state index is 0.154. The van der Waals surface area contributed by atoms with Gasteiger partial charge < -0.3 is 4.74 Å². The van der Waals surface area contributed by atoms with Gasteiger partial charge in [-0.3, -0.25) is 24.7 Å². The van der Waals surface area contributed by atoms with Crippen molar-refractivity contribution in [1.82, 2.24) is 15.8 Å². The Labute approximate surface area is 224 Å². The Morgan fingerprint density at radius 3 is 2.29 bits per heavy atom. The molecule has 0 aromatic heterocycles. The highest BCUT2D eigenvalue weighted by molar-refractivity contribution is 6.36. The molecule has 0 radical (unpaired) electrons. The molecular formula is C31H37N3O4. The first kappa shape index (κ1) is 27.3. The summed E-state index contributed by atoms with van der Waals surface area (Å²) in [5.74, 6) is -0.397. The van der Waals surface area contributed by atoms with Gasteiger partial charge in [-0.2, -0.15) is 0 Å². The molecule has 1 aliphatic heterocycles. The highest BCUT2D eigenvalue weighted by Gasteiger charge is 2.45. The van der Waals surface area contributed by atoms with Crippen LogP contribution in [0.5, 0.6) is 5.75 Å². The van der Waals surface area contributed by atoms with Gasteiger partial charge >= 0.3 is 0 Å². The number of allylic oxidation sites excluding steroid dienone is 1. The SMILES string of the molecule is CC(C)=CCOc1ccc(C2=C(CC(C)C)C(=O)N(C(Cc3ccccc3)C(=O)NNC3CC3)C2=O)cc1. The number of carbonyl (C=O) groups excluding carboxylic acids is 3. The topological polar surface area (TPSA) is 87.7 Å². The second-order valence-corrected chi connectivity index (χ2v) is 10.7. The smallest absolute Gasteiger partial charge is 0.262 e. The molecular weight excluding hydrogens is 478 g/mol. The van der Waals surface area contributed by atoms with E-state index in [4.69, 9.17) is 4.74 Å². The van der Waals surface area contributed by atoms with Gasteiger partial charge in [0.05, 0.1) is 5.57 Å². The van der Waals surface area contributed by atoms with Crippen LogP contribution in [0.3, 0.4) is 0 Å². The highest BCUT2D eigenvalue weighted by Crippen LogP contribution is 2.35. The van der Waals surface area contributed by atoms with E-state index in [2.05, 4.69) is 10.9 Å². The zero-order valence-corrected chi connectivity index (χ0v) is 22.6. The third kappa shape index (κ3) is 6.78. The molecule has 3 amide bonds. The fourth-order valence-electron chi connectivity index (χ4n) is 4.42. The maximum atomic E-state index is 13.9. The molecule has 1 unspecified atom stereocenters. The maximum absolute atomic E-state index is 13.9. The zero-order valence-electron chi connectivity index (χ0n) is 22.6. The summed E-state index contributed by atoms with van der Waals surface area (Å²) < 4.78 is 5.77. The minimum atomic E-state index is -0.977. The lowest BCUT2D eigenvalue weighted by Crippen LogP contribution is -2.54. The van der Waals surface area contributed by atoms with E-state index in [1.165, 1.54) is 5.57 Å². The van der Waals surface area contributed by atoms with Crippen molar-refractivity contribution in [3.8, 4) is 5.75 Å². The molecule has 7 heteroatoms. The van der Waals surface area contributed by atoms with Crippen molar-refractivity contribution >= 4 is 23.3 Å². The first-order valence-corrected chi connectivity index (χ1v) is 13.3. The van der Waals surface area contributed by atoms with Crippen molar-refractivity contribution in [2.75, 3.05) is 6.61 Å². The maximum Gasteiger partial charge on any atom is 0.262 e. The van der Waals surface area contributed by atoms with Crippen molar-refractivity contribution in [3.63, 3.8) is 0 Å².